The third-order valence-electron chi connectivity index (χ3n) is 1.83. The van der Waals surface area contributed by atoms with Gasteiger partial charge in [0.1, 0.15) is 6.33 Å². The van der Waals surface area contributed by atoms with Gasteiger partial charge in [-0.05, 0) is 22.0 Å². The van der Waals surface area contributed by atoms with Crippen LogP contribution in [0.3, 0.4) is 0 Å². The first-order valence-corrected chi connectivity index (χ1v) is 4.85. The van der Waals surface area contributed by atoms with Crippen LogP contribution in [0.25, 0.3) is 5.69 Å². The Balaban J connectivity index is 2.46. The van der Waals surface area contributed by atoms with Gasteiger partial charge in [-0.15, -0.1) is 0 Å². The topological polar surface area (TPSA) is 68.0 Å². The van der Waals surface area contributed by atoms with Crippen molar-refractivity contribution in [3.05, 3.63) is 41.2 Å². The first kappa shape index (κ1) is 9.85. The Morgan fingerprint density at radius 2 is 2.33 bits per heavy atom. The number of imidazole rings is 1. The maximum atomic E-state index is 10.6. The molecule has 2 aromatic heterocycles. The van der Waals surface area contributed by atoms with Crippen LogP contribution in [0.5, 0.6) is 0 Å². The van der Waals surface area contributed by atoms with E-state index in [4.69, 9.17) is 5.11 Å². The Labute approximate surface area is 93.5 Å². The molecule has 0 bridgehead atoms. The van der Waals surface area contributed by atoms with Crippen molar-refractivity contribution < 1.29 is 9.90 Å². The van der Waals surface area contributed by atoms with Crippen LogP contribution in [0.15, 0.2) is 35.5 Å². The van der Waals surface area contributed by atoms with Crippen molar-refractivity contribution in [2.75, 3.05) is 0 Å². The Morgan fingerprint density at radius 3 is 2.93 bits per heavy atom. The molecule has 0 aliphatic heterocycles. The summed E-state index contributed by atoms with van der Waals surface area (Å²) in [5.74, 6) is -1.04. The van der Waals surface area contributed by atoms with E-state index >= 15 is 0 Å². The van der Waals surface area contributed by atoms with Gasteiger partial charge < -0.3 is 9.67 Å². The molecule has 2 heterocycles. The monoisotopic (exact) mass is 267 g/mol. The molecule has 15 heavy (non-hydrogen) atoms. The number of nitrogens with zero attached hydrogens (tertiary/aromatic N) is 3. The smallest absolute Gasteiger partial charge is 0.356 e. The summed E-state index contributed by atoms with van der Waals surface area (Å²) in [7, 11) is 0. The van der Waals surface area contributed by atoms with Gasteiger partial charge in [0.25, 0.3) is 0 Å². The largest absolute Gasteiger partial charge is 0.476 e. The second-order valence-corrected chi connectivity index (χ2v) is 3.65. The molecule has 0 saturated heterocycles. The average Bonchev–Trinajstić information content (AvgIpc) is 2.67. The first-order chi connectivity index (χ1) is 7.18. The zero-order valence-electron chi connectivity index (χ0n) is 7.46. The SMILES string of the molecule is O=C(O)c1cn(-c2ccncc2Br)cn1. The van der Waals surface area contributed by atoms with Crippen molar-refractivity contribution >= 4 is 21.9 Å². The lowest BCUT2D eigenvalue weighted by atomic mass is 10.4. The lowest BCUT2D eigenvalue weighted by molar-refractivity contribution is 0.0691. The molecule has 2 rings (SSSR count). The maximum absolute atomic E-state index is 10.6. The minimum absolute atomic E-state index is 0.0127. The Morgan fingerprint density at radius 1 is 1.53 bits per heavy atom. The number of aromatic carboxylic acids is 1. The summed E-state index contributed by atoms with van der Waals surface area (Å²) in [4.78, 5) is 18.3. The minimum Gasteiger partial charge on any atom is -0.476 e. The molecule has 0 fully saturated rings. The molecule has 0 saturated carbocycles. The van der Waals surface area contributed by atoms with E-state index in [1.807, 2.05) is 0 Å². The van der Waals surface area contributed by atoms with E-state index in [1.165, 1.54) is 12.5 Å². The van der Waals surface area contributed by atoms with Crippen LogP contribution in [0.1, 0.15) is 10.5 Å². The van der Waals surface area contributed by atoms with Crippen molar-refractivity contribution in [2.45, 2.75) is 0 Å². The van der Waals surface area contributed by atoms with Gasteiger partial charge in [-0.2, -0.15) is 0 Å². The standard InChI is InChI=1S/C9H6BrN3O2/c10-6-3-11-2-1-8(6)13-4-7(9(14)15)12-5-13/h1-5H,(H,14,15). The van der Waals surface area contributed by atoms with Crippen LogP contribution >= 0.6 is 15.9 Å². The summed E-state index contributed by atoms with van der Waals surface area (Å²) >= 11 is 3.32. The Bertz CT molecular complexity index is 510. The van der Waals surface area contributed by atoms with E-state index < -0.39 is 5.97 Å². The molecule has 0 radical (unpaired) electrons. The van der Waals surface area contributed by atoms with Crippen LogP contribution in [0.2, 0.25) is 0 Å². The summed E-state index contributed by atoms with van der Waals surface area (Å²) in [6, 6.07) is 1.76. The lowest BCUT2D eigenvalue weighted by Crippen LogP contribution is -1.96. The van der Waals surface area contributed by atoms with E-state index in [1.54, 1.807) is 23.0 Å². The fraction of sp³-hybridized carbons (Fsp3) is 0. The molecule has 2 aromatic rings. The van der Waals surface area contributed by atoms with Crippen molar-refractivity contribution in [3.63, 3.8) is 0 Å². The molecular formula is C9H6BrN3O2. The van der Waals surface area contributed by atoms with Gasteiger partial charge in [0, 0.05) is 18.6 Å². The summed E-state index contributed by atoms with van der Waals surface area (Å²) in [5.41, 5.74) is 0.809. The second-order valence-electron chi connectivity index (χ2n) is 2.80. The molecule has 0 aliphatic carbocycles. The molecule has 0 amide bonds. The summed E-state index contributed by atoms with van der Waals surface area (Å²) < 4.78 is 2.40. The van der Waals surface area contributed by atoms with Gasteiger partial charge in [0.2, 0.25) is 0 Å². The fourth-order valence-corrected chi connectivity index (χ4v) is 1.60. The third-order valence-corrected chi connectivity index (χ3v) is 2.44. The highest BCUT2D eigenvalue weighted by Crippen LogP contribution is 2.19. The number of carbonyl (C=O) groups is 1. The average molecular weight is 268 g/mol. The normalized spacial score (nSPS) is 10.2. The van der Waals surface area contributed by atoms with Gasteiger partial charge >= 0.3 is 5.97 Å². The highest BCUT2D eigenvalue weighted by molar-refractivity contribution is 9.10. The van der Waals surface area contributed by atoms with Crippen LogP contribution < -0.4 is 0 Å². The minimum atomic E-state index is -1.04. The van der Waals surface area contributed by atoms with Crippen LogP contribution in [-0.2, 0) is 0 Å². The van der Waals surface area contributed by atoms with E-state index in [9.17, 15) is 4.79 Å². The van der Waals surface area contributed by atoms with Crippen molar-refractivity contribution in [1.82, 2.24) is 14.5 Å². The zero-order valence-corrected chi connectivity index (χ0v) is 9.05. The fourth-order valence-electron chi connectivity index (χ4n) is 1.14. The number of carboxylic acid groups (broad SMARTS) is 1. The molecular weight excluding hydrogens is 262 g/mol. The second kappa shape index (κ2) is 3.82. The molecule has 0 atom stereocenters. The van der Waals surface area contributed by atoms with Crippen molar-refractivity contribution in [2.24, 2.45) is 0 Å². The van der Waals surface area contributed by atoms with E-state index in [0.29, 0.717) is 0 Å². The van der Waals surface area contributed by atoms with Crippen molar-refractivity contribution in [3.8, 4) is 5.69 Å². The molecule has 6 heteroatoms. The van der Waals surface area contributed by atoms with Crippen LogP contribution in [-0.4, -0.2) is 25.6 Å². The number of rotatable bonds is 2. The van der Waals surface area contributed by atoms with Gasteiger partial charge in [-0.1, -0.05) is 0 Å². The van der Waals surface area contributed by atoms with Gasteiger partial charge in [0.05, 0.1) is 10.2 Å². The van der Waals surface area contributed by atoms with Gasteiger partial charge in [0.15, 0.2) is 5.69 Å². The summed E-state index contributed by atoms with van der Waals surface area (Å²) in [5, 5.41) is 8.71. The molecule has 0 unspecified atom stereocenters. The molecule has 5 nitrogen and oxygen atoms in total. The summed E-state index contributed by atoms with van der Waals surface area (Å²) in [6.07, 6.45) is 6.16. The highest BCUT2D eigenvalue weighted by Gasteiger charge is 2.08. The number of pyridine rings is 1. The Kier molecular flexibility index (Phi) is 2.51. The first-order valence-electron chi connectivity index (χ1n) is 4.05. The van der Waals surface area contributed by atoms with E-state index in [2.05, 4.69) is 25.9 Å². The molecule has 0 aromatic carbocycles. The molecule has 0 spiro atoms. The molecule has 0 aliphatic rings. The number of aromatic nitrogens is 3. The van der Waals surface area contributed by atoms with Crippen LogP contribution in [0, 0.1) is 0 Å². The maximum Gasteiger partial charge on any atom is 0.356 e. The number of hydrogen-bond donors (Lipinski definition) is 1. The van der Waals surface area contributed by atoms with Gasteiger partial charge in [-0.25, -0.2) is 9.78 Å². The number of halogens is 1. The van der Waals surface area contributed by atoms with E-state index in [0.717, 1.165) is 10.2 Å². The zero-order chi connectivity index (χ0) is 10.8. The predicted molar refractivity (Wildman–Crippen MR) is 56.0 cm³/mol. The summed E-state index contributed by atoms with van der Waals surface area (Å²) in [6.45, 7) is 0. The number of hydrogen-bond acceptors (Lipinski definition) is 3. The number of carboxylic acids is 1. The predicted octanol–water partition coefficient (Wildman–Crippen LogP) is 1.73. The van der Waals surface area contributed by atoms with E-state index in [-0.39, 0.29) is 5.69 Å². The van der Waals surface area contributed by atoms with Gasteiger partial charge in [-0.3, -0.25) is 4.98 Å². The third kappa shape index (κ3) is 1.89. The molecule has 1 N–H and O–H groups in total. The van der Waals surface area contributed by atoms with Crippen LogP contribution in [0.4, 0.5) is 0 Å². The molecule has 76 valence electrons. The highest BCUT2D eigenvalue weighted by atomic mass is 79.9. The lowest BCUT2D eigenvalue weighted by Gasteiger charge is -2.02. The Hall–Kier alpha value is -1.69. The van der Waals surface area contributed by atoms with Crippen molar-refractivity contribution in [1.29, 1.82) is 0 Å². The quantitative estimate of drug-likeness (QED) is 0.900.